The summed E-state index contributed by atoms with van der Waals surface area (Å²) in [6.07, 6.45) is 0. The van der Waals surface area contributed by atoms with Crippen LogP contribution in [0.4, 0.5) is 0 Å². The van der Waals surface area contributed by atoms with Crippen molar-refractivity contribution >= 4 is 16.0 Å². The molecule has 2 aromatic rings. The van der Waals surface area contributed by atoms with Crippen LogP contribution in [0.2, 0.25) is 0 Å². The third kappa shape index (κ3) is 3.85. The minimum absolute atomic E-state index is 0.0499. The Labute approximate surface area is 142 Å². The number of aromatic nitrogens is 1. The SMILES string of the molecule is CCOC(=O)c1c(C)[nH]c(C)c1S(=O)(=O)NCc1cccc(C)c1. The number of carbonyl (C=O) groups excluding carboxylic acids is 1. The molecule has 24 heavy (non-hydrogen) atoms. The van der Waals surface area contributed by atoms with Crippen molar-refractivity contribution < 1.29 is 17.9 Å². The molecular formula is C17H22N2O4S. The van der Waals surface area contributed by atoms with Gasteiger partial charge in [0, 0.05) is 17.9 Å². The van der Waals surface area contributed by atoms with E-state index in [1.165, 1.54) is 0 Å². The van der Waals surface area contributed by atoms with Crippen molar-refractivity contribution in [2.24, 2.45) is 0 Å². The standard InChI is InChI=1S/C17H22N2O4S/c1-5-23-17(20)15-12(3)19-13(4)16(15)24(21,22)18-10-14-8-6-7-11(2)9-14/h6-9,18-19H,5,10H2,1-4H3. The van der Waals surface area contributed by atoms with Gasteiger partial charge in [0.2, 0.25) is 10.0 Å². The van der Waals surface area contributed by atoms with Crippen molar-refractivity contribution in [1.82, 2.24) is 9.71 Å². The Balaban J connectivity index is 2.34. The molecule has 6 nitrogen and oxygen atoms in total. The number of nitrogens with one attached hydrogen (secondary N) is 2. The Morgan fingerprint density at radius 3 is 2.54 bits per heavy atom. The fourth-order valence-electron chi connectivity index (χ4n) is 2.62. The summed E-state index contributed by atoms with van der Waals surface area (Å²) in [5, 5.41) is 0. The molecule has 0 saturated carbocycles. The Hall–Kier alpha value is -2.12. The van der Waals surface area contributed by atoms with Crippen molar-refractivity contribution in [3.05, 3.63) is 52.3 Å². The van der Waals surface area contributed by atoms with E-state index >= 15 is 0 Å². The van der Waals surface area contributed by atoms with Gasteiger partial charge in [0.15, 0.2) is 0 Å². The largest absolute Gasteiger partial charge is 0.462 e. The summed E-state index contributed by atoms with van der Waals surface area (Å²) in [4.78, 5) is 15.0. The zero-order chi connectivity index (χ0) is 17.9. The van der Waals surface area contributed by atoms with Crippen LogP contribution in [0.5, 0.6) is 0 Å². The molecule has 0 atom stereocenters. The van der Waals surface area contributed by atoms with Crippen LogP contribution < -0.4 is 4.72 Å². The number of rotatable bonds is 6. The van der Waals surface area contributed by atoms with E-state index in [2.05, 4.69) is 9.71 Å². The Morgan fingerprint density at radius 1 is 1.21 bits per heavy atom. The zero-order valence-corrected chi connectivity index (χ0v) is 15.1. The number of hydrogen-bond donors (Lipinski definition) is 2. The van der Waals surface area contributed by atoms with Crippen LogP contribution in [0.15, 0.2) is 29.2 Å². The topological polar surface area (TPSA) is 88.3 Å². The van der Waals surface area contributed by atoms with Crippen molar-refractivity contribution in [1.29, 1.82) is 0 Å². The van der Waals surface area contributed by atoms with Crippen LogP contribution in [0.1, 0.15) is 39.8 Å². The third-order valence-electron chi connectivity index (χ3n) is 3.61. The van der Waals surface area contributed by atoms with E-state index in [-0.39, 0.29) is 23.6 Å². The summed E-state index contributed by atoms with van der Waals surface area (Å²) in [6.45, 7) is 7.22. The second kappa shape index (κ2) is 7.19. The van der Waals surface area contributed by atoms with Crippen LogP contribution in [0, 0.1) is 20.8 Å². The fraction of sp³-hybridized carbons (Fsp3) is 0.353. The molecular weight excluding hydrogens is 328 g/mol. The first-order valence-electron chi connectivity index (χ1n) is 7.67. The average molecular weight is 350 g/mol. The van der Waals surface area contributed by atoms with Crippen LogP contribution in [0.25, 0.3) is 0 Å². The highest BCUT2D eigenvalue weighted by Crippen LogP contribution is 2.24. The monoisotopic (exact) mass is 350 g/mol. The highest BCUT2D eigenvalue weighted by Gasteiger charge is 2.29. The minimum Gasteiger partial charge on any atom is -0.462 e. The van der Waals surface area contributed by atoms with Crippen molar-refractivity contribution in [2.45, 2.75) is 39.1 Å². The van der Waals surface area contributed by atoms with E-state index in [1.807, 2.05) is 31.2 Å². The normalized spacial score (nSPS) is 11.5. The van der Waals surface area contributed by atoms with E-state index in [9.17, 15) is 13.2 Å². The number of ether oxygens (including phenoxy) is 1. The Morgan fingerprint density at radius 2 is 1.92 bits per heavy atom. The highest BCUT2D eigenvalue weighted by atomic mass is 32.2. The molecule has 0 amide bonds. The number of aromatic amines is 1. The molecule has 1 aromatic carbocycles. The second-order valence-corrected chi connectivity index (χ2v) is 7.32. The minimum atomic E-state index is -3.86. The molecule has 1 aromatic heterocycles. The lowest BCUT2D eigenvalue weighted by Crippen LogP contribution is -2.25. The molecule has 0 aliphatic heterocycles. The van der Waals surface area contributed by atoms with Crippen LogP contribution in [0.3, 0.4) is 0 Å². The van der Waals surface area contributed by atoms with E-state index in [4.69, 9.17) is 4.74 Å². The first-order valence-corrected chi connectivity index (χ1v) is 9.16. The van der Waals surface area contributed by atoms with Crippen molar-refractivity contribution in [2.75, 3.05) is 6.61 Å². The molecule has 1 heterocycles. The first kappa shape index (κ1) is 18.2. The number of benzene rings is 1. The predicted octanol–water partition coefficient (Wildman–Crippen LogP) is 2.60. The van der Waals surface area contributed by atoms with Gasteiger partial charge in [0.05, 0.1) is 6.61 Å². The van der Waals surface area contributed by atoms with Crippen molar-refractivity contribution in [3.63, 3.8) is 0 Å². The highest BCUT2D eigenvalue weighted by molar-refractivity contribution is 7.89. The van der Waals surface area contributed by atoms with E-state index in [0.29, 0.717) is 11.4 Å². The third-order valence-corrected chi connectivity index (χ3v) is 5.19. The van der Waals surface area contributed by atoms with Gasteiger partial charge in [-0.1, -0.05) is 29.8 Å². The molecule has 0 radical (unpaired) electrons. The maximum absolute atomic E-state index is 12.7. The lowest BCUT2D eigenvalue weighted by Gasteiger charge is -2.10. The molecule has 0 bridgehead atoms. The van der Waals surface area contributed by atoms with E-state index in [1.54, 1.807) is 20.8 Å². The summed E-state index contributed by atoms with van der Waals surface area (Å²) >= 11 is 0. The van der Waals surface area contributed by atoms with Gasteiger partial charge in [-0.05, 0) is 33.3 Å². The van der Waals surface area contributed by atoms with E-state index < -0.39 is 16.0 Å². The maximum atomic E-state index is 12.7. The fourth-order valence-corrected chi connectivity index (χ4v) is 4.08. The molecule has 0 saturated heterocycles. The van der Waals surface area contributed by atoms with Gasteiger partial charge in [-0.2, -0.15) is 0 Å². The second-order valence-electron chi connectivity index (χ2n) is 5.61. The predicted molar refractivity (Wildman–Crippen MR) is 91.4 cm³/mol. The summed E-state index contributed by atoms with van der Waals surface area (Å²) < 4.78 is 33.0. The summed E-state index contributed by atoms with van der Waals surface area (Å²) in [6, 6.07) is 7.56. The van der Waals surface area contributed by atoms with Gasteiger partial charge in [0.1, 0.15) is 10.5 Å². The molecule has 0 fully saturated rings. The smallest absolute Gasteiger partial charge is 0.341 e. The number of esters is 1. The Kier molecular flexibility index (Phi) is 5.46. The van der Waals surface area contributed by atoms with Crippen LogP contribution in [-0.2, 0) is 21.3 Å². The van der Waals surface area contributed by atoms with Gasteiger partial charge in [-0.3, -0.25) is 0 Å². The quantitative estimate of drug-likeness (QED) is 0.784. The lowest BCUT2D eigenvalue weighted by molar-refractivity contribution is 0.0521. The zero-order valence-electron chi connectivity index (χ0n) is 14.3. The molecule has 0 unspecified atom stereocenters. The Bertz CT molecular complexity index is 853. The van der Waals surface area contributed by atoms with Gasteiger partial charge < -0.3 is 9.72 Å². The van der Waals surface area contributed by atoms with Gasteiger partial charge in [0.25, 0.3) is 0 Å². The van der Waals surface area contributed by atoms with Gasteiger partial charge in [-0.15, -0.1) is 0 Å². The molecule has 130 valence electrons. The maximum Gasteiger partial charge on any atom is 0.341 e. The van der Waals surface area contributed by atoms with Crippen LogP contribution in [-0.4, -0.2) is 26.0 Å². The summed E-state index contributed by atoms with van der Waals surface area (Å²) in [5.74, 6) is -0.643. The van der Waals surface area contributed by atoms with Gasteiger partial charge in [-0.25, -0.2) is 17.9 Å². The molecule has 0 aliphatic carbocycles. The number of carbonyl (C=O) groups is 1. The number of sulfonamides is 1. The molecule has 2 rings (SSSR count). The first-order chi connectivity index (χ1) is 11.3. The lowest BCUT2D eigenvalue weighted by atomic mass is 10.1. The summed E-state index contributed by atoms with van der Waals surface area (Å²) in [5.41, 5.74) is 2.84. The average Bonchev–Trinajstić information content (AvgIpc) is 2.81. The number of hydrogen-bond acceptors (Lipinski definition) is 4. The molecule has 0 aliphatic rings. The number of aryl methyl sites for hydroxylation is 3. The molecule has 7 heteroatoms. The number of H-pyrrole nitrogens is 1. The van der Waals surface area contributed by atoms with E-state index in [0.717, 1.165) is 11.1 Å². The van der Waals surface area contributed by atoms with Crippen LogP contribution >= 0.6 is 0 Å². The summed E-state index contributed by atoms with van der Waals surface area (Å²) in [7, 11) is -3.86. The molecule has 2 N–H and O–H groups in total. The molecule has 0 spiro atoms. The van der Waals surface area contributed by atoms with Gasteiger partial charge >= 0.3 is 5.97 Å². The van der Waals surface area contributed by atoms with Crippen molar-refractivity contribution in [3.8, 4) is 0 Å².